The maximum absolute atomic E-state index is 12.9. The summed E-state index contributed by atoms with van der Waals surface area (Å²) in [6.45, 7) is 0.554. The lowest BCUT2D eigenvalue weighted by molar-refractivity contribution is -0.118. The lowest BCUT2D eigenvalue weighted by atomic mass is 10.0. The zero-order chi connectivity index (χ0) is 21.6. The van der Waals surface area contributed by atoms with Crippen LogP contribution in [0.25, 0.3) is 22.0 Å². The number of aromatic amines is 1. The first-order valence-electron chi connectivity index (χ1n) is 9.96. The van der Waals surface area contributed by atoms with Gasteiger partial charge in [0.1, 0.15) is 0 Å². The molecule has 0 bridgehead atoms. The van der Waals surface area contributed by atoms with Crippen LogP contribution in [-0.2, 0) is 11.2 Å². The summed E-state index contributed by atoms with van der Waals surface area (Å²) in [5.41, 5.74) is 3.38. The molecule has 0 unspecified atom stereocenters. The monoisotopic (exact) mass is 448 g/mol. The molecule has 1 aromatic heterocycles. The fourth-order valence-corrected chi connectivity index (χ4v) is 4.56. The summed E-state index contributed by atoms with van der Waals surface area (Å²) in [6, 6.07) is 25.1. The summed E-state index contributed by atoms with van der Waals surface area (Å²) in [5, 5.41) is 4.37. The molecule has 0 aliphatic carbocycles. The lowest BCUT2D eigenvalue weighted by Gasteiger charge is -2.13. The SMILES string of the molecule is O=C(CSc1c(-c2ccccc2)c2cc(Cl)ccc2[nH]c1=O)NCCc1ccccc1. The Balaban J connectivity index is 1.56. The zero-order valence-corrected chi connectivity index (χ0v) is 18.3. The summed E-state index contributed by atoms with van der Waals surface area (Å²) in [7, 11) is 0. The Morgan fingerprint density at radius 2 is 1.68 bits per heavy atom. The third-order valence-corrected chi connectivity index (χ3v) is 6.24. The first-order valence-corrected chi connectivity index (χ1v) is 11.3. The van der Waals surface area contributed by atoms with Crippen molar-refractivity contribution in [1.82, 2.24) is 10.3 Å². The number of thioether (sulfide) groups is 1. The van der Waals surface area contributed by atoms with Crippen LogP contribution in [0, 0.1) is 0 Å². The molecule has 4 aromatic rings. The van der Waals surface area contributed by atoms with E-state index in [0.29, 0.717) is 22.0 Å². The van der Waals surface area contributed by atoms with Crippen molar-refractivity contribution in [3.63, 3.8) is 0 Å². The number of benzene rings is 3. The minimum absolute atomic E-state index is 0.106. The van der Waals surface area contributed by atoms with E-state index in [0.717, 1.165) is 22.9 Å². The van der Waals surface area contributed by atoms with Crippen LogP contribution in [0.4, 0.5) is 0 Å². The molecular formula is C25H21ClN2O2S. The minimum Gasteiger partial charge on any atom is -0.355 e. The van der Waals surface area contributed by atoms with Gasteiger partial charge in [0, 0.05) is 28.0 Å². The van der Waals surface area contributed by atoms with Gasteiger partial charge >= 0.3 is 0 Å². The number of hydrogen-bond donors (Lipinski definition) is 2. The number of hydrogen-bond acceptors (Lipinski definition) is 3. The van der Waals surface area contributed by atoms with Crippen LogP contribution in [0.5, 0.6) is 0 Å². The van der Waals surface area contributed by atoms with Gasteiger partial charge in [0.2, 0.25) is 5.91 Å². The second-order valence-corrected chi connectivity index (χ2v) is 8.51. The van der Waals surface area contributed by atoms with Crippen molar-refractivity contribution in [2.75, 3.05) is 12.3 Å². The fraction of sp³-hybridized carbons (Fsp3) is 0.120. The second kappa shape index (κ2) is 9.86. The average Bonchev–Trinajstić information content (AvgIpc) is 2.79. The maximum Gasteiger partial charge on any atom is 0.262 e. The van der Waals surface area contributed by atoms with Gasteiger partial charge in [0.15, 0.2) is 0 Å². The summed E-state index contributed by atoms with van der Waals surface area (Å²) in [4.78, 5) is 28.7. The molecule has 0 atom stereocenters. The molecule has 2 N–H and O–H groups in total. The van der Waals surface area contributed by atoms with E-state index in [-0.39, 0.29) is 17.2 Å². The van der Waals surface area contributed by atoms with Crippen LogP contribution in [0.2, 0.25) is 5.02 Å². The van der Waals surface area contributed by atoms with Gasteiger partial charge in [-0.1, -0.05) is 72.3 Å². The van der Waals surface area contributed by atoms with Gasteiger partial charge in [0.25, 0.3) is 5.56 Å². The molecule has 4 nitrogen and oxygen atoms in total. The number of amides is 1. The van der Waals surface area contributed by atoms with Crippen molar-refractivity contribution < 1.29 is 4.79 Å². The number of carbonyl (C=O) groups is 1. The molecular weight excluding hydrogens is 428 g/mol. The second-order valence-electron chi connectivity index (χ2n) is 7.09. The molecule has 0 radical (unpaired) electrons. The van der Waals surface area contributed by atoms with Crippen LogP contribution in [0.15, 0.2) is 88.6 Å². The fourth-order valence-electron chi connectivity index (χ4n) is 3.46. The smallest absolute Gasteiger partial charge is 0.262 e. The number of aromatic nitrogens is 1. The standard InChI is InChI=1S/C25H21ClN2O2S/c26-19-11-12-21-20(15-19)23(18-9-5-2-6-10-18)24(25(30)28-21)31-16-22(29)27-14-13-17-7-3-1-4-8-17/h1-12,15H,13-14,16H2,(H,27,29)(H,28,30). The molecule has 3 aromatic carbocycles. The molecule has 6 heteroatoms. The number of halogens is 1. The van der Waals surface area contributed by atoms with E-state index in [1.807, 2.05) is 66.7 Å². The number of fused-ring (bicyclic) bond motifs is 1. The van der Waals surface area contributed by atoms with E-state index in [1.54, 1.807) is 12.1 Å². The van der Waals surface area contributed by atoms with Crippen LogP contribution in [0.3, 0.4) is 0 Å². The van der Waals surface area contributed by atoms with Crippen LogP contribution >= 0.6 is 23.4 Å². The lowest BCUT2D eigenvalue weighted by Crippen LogP contribution is -2.27. The van der Waals surface area contributed by atoms with Crippen molar-refractivity contribution in [3.05, 3.63) is 99.8 Å². The van der Waals surface area contributed by atoms with E-state index >= 15 is 0 Å². The normalized spacial score (nSPS) is 10.9. The number of pyridine rings is 1. The Morgan fingerprint density at radius 3 is 2.42 bits per heavy atom. The van der Waals surface area contributed by atoms with Crippen molar-refractivity contribution in [3.8, 4) is 11.1 Å². The van der Waals surface area contributed by atoms with E-state index in [1.165, 1.54) is 17.3 Å². The third kappa shape index (κ3) is 5.19. The van der Waals surface area contributed by atoms with Crippen molar-refractivity contribution in [2.24, 2.45) is 0 Å². The van der Waals surface area contributed by atoms with E-state index in [2.05, 4.69) is 10.3 Å². The van der Waals surface area contributed by atoms with Gasteiger partial charge in [-0.25, -0.2) is 0 Å². The van der Waals surface area contributed by atoms with E-state index in [9.17, 15) is 9.59 Å². The minimum atomic E-state index is -0.212. The van der Waals surface area contributed by atoms with Crippen molar-refractivity contribution >= 4 is 40.2 Å². The predicted molar refractivity (Wildman–Crippen MR) is 129 cm³/mol. The highest BCUT2D eigenvalue weighted by molar-refractivity contribution is 8.00. The molecule has 0 aliphatic heterocycles. The van der Waals surface area contributed by atoms with Gasteiger partial charge in [-0.05, 0) is 35.7 Å². The van der Waals surface area contributed by atoms with E-state index < -0.39 is 0 Å². The number of rotatable bonds is 7. The van der Waals surface area contributed by atoms with Gasteiger partial charge in [-0.3, -0.25) is 9.59 Å². The first-order chi connectivity index (χ1) is 15.1. The van der Waals surface area contributed by atoms with Crippen LogP contribution in [0.1, 0.15) is 5.56 Å². The molecule has 1 amide bonds. The Morgan fingerprint density at radius 1 is 0.968 bits per heavy atom. The number of carbonyl (C=O) groups excluding carboxylic acids is 1. The number of H-pyrrole nitrogens is 1. The topological polar surface area (TPSA) is 62.0 Å². The quantitative estimate of drug-likeness (QED) is 0.377. The molecule has 0 spiro atoms. The van der Waals surface area contributed by atoms with Gasteiger partial charge in [-0.15, -0.1) is 11.8 Å². The largest absolute Gasteiger partial charge is 0.355 e. The average molecular weight is 449 g/mol. The van der Waals surface area contributed by atoms with Crippen LogP contribution in [-0.4, -0.2) is 23.2 Å². The van der Waals surface area contributed by atoms with Crippen LogP contribution < -0.4 is 10.9 Å². The zero-order valence-electron chi connectivity index (χ0n) is 16.7. The third-order valence-electron chi connectivity index (χ3n) is 4.92. The summed E-state index contributed by atoms with van der Waals surface area (Å²) in [5.74, 6) is 0.0505. The van der Waals surface area contributed by atoms with Crippen molar-refractivity contribution in [1.29, 1.82) is 0 Å². The molecule has 1 heterocycles. The molecule has 0 fully saturated rings. The Kier molecular flexibility index (Phi) is 6.75. The highest BCUT2D eigenvalue weighted by Gasteiger charge is 2.16. The Bertz CT molecular complexity index is 1260. The number of nitrogens with one attached hydrogen (secondary N) is 2. The summed E-state index contributed by atoms with van der Waals surface area (Å²) in [6.07, 6.45) is 0.765. The molecule has 4 rings (SSSR count). The molecule has 0 aliphatic rings. The maximum atomic E-state index is 12.9. The summed E-state index contributed by atoms with van der Waals surface area (Å²) >= 11 is 7.49. The summed E-state index contributed by atoms with van der Waals surface area (Å²) < 4.78 is 0. The van der Waals surface area contributed by atoms with Crippen molar-refractivity contribution in [2.45, 2.75) is 11.3 Å². The first kappa shape index (κ1) is 21.2. The molecule has 0 saturated heterocycles. The predicted octanol–water partition coefficient (Wildman–Crippen LogP) is 5.30. The Hall–Kier alpha value is -3.02. The molecule has 156 valence electrons. The molecule has 0 saturated carbocycles. The van der Waals surface area contributed by atoms with E-state index in [4.69, 9.17) is 11.6 Å². The highest BCUT2D eigenvalue weighted by Crippen LogP contribution is 2.35. The highest BCUT2D eigenvalue weighted by atomic mass is 35.5. The van der Waals surface area contributed by atoms with Gasteiger partial charge in [0.05, 0.1) is 10.6 Å². The van der Waals surface area contributed by atoms with Gasteiger partial charge in [-0.2, -0.15) is 0 Å². The van der Waals surface area contributed by atoms with Gasteiger partial charge < -0.3 is 10.3 Å². The Labute approximate surface area is 189 Å². The molecule has 31 heavy (non-hydrogen) atoms.